The van der Waals surface area contributed by atoms with Crippen LogP contribution in [0.2, 0.25) is 0 Å². The van der Waals surface area contributed by atoms with Crippen LogP contribution in [0, 0.1) is 0 Å². The van der Waals surface area contributed by atoms with Crippen LogP contribution in [-0.2, 0) is 12.8 Å². The van der Waals surface area contributed by atoms with Gasteiger partial charge in [0, 0.05) is 5.92 Å². The fraction of sp³-hybridized carbons (Fsp3) is 0.200. The molecule has 0 heterocycles. The van der Waals surface area contributed by atoms with Crippen molar-refractivity contribution in [1.82, 2.24) is 0 Å². The molecule has 0 nitrogen and oxygen atoms in total. The fourth-order valence-electron chi connectivity index (χ4n) is 4.31. The van der Waals surface area contributed by atoms with Crippen molar-refractivity contribution < 1.29 is 0 Å². The van der Waals surface area contributed by atoms with Gasteiger partial charge in [-0.3, -0.25) is 0 Å². The molecule has 3 aromatic rings. The van der Waals surface area contributed by atoms with Gasteiger partial charge in [0.1, 0.15) is 0 Å². The first-order valence-corrected chi connectivity index (χ1v) is 7.53. The first-order chi connectivity index (χ1) is 9.92. The third-order valence-corrected chi connectivity index (χ3v) is 5.16. The second-order valence-corrected chi connectivity index (χ2v) is 6.11. The zero-order chi connectivity index (χ0) is 13.1. The van der Waals surface area contributed by atoms with Crippen molar-refractivity contribution in [3.63, 3.8) is 0 Å². The van der Waals surface area contributed by atoms with Gasteiger partial charge in [0.15, 0.2) is 0 Å². The van der Waals surface area contributed by atoms with Gasteiger partial charge in [-0.2, -0.15) is 0 Å². The molecule has 1 unspecified atom stereocenters. The van der Waals surface area contributed by atoms with Crippen LogP contribution < -0.4 is 0 Å². The van der Waals surface area contributed by atoms with E-state index in [0.717, 1.165) is 6.42 Å². The first-order valence-electron chi connectivity index (χ1n) is 7.53. The lowest BCUT2D eigenvalue weighted by Gasteiger charge is -2.26. The van der Waals surface area contributed by atoms with Crippen molar-refractivity contribution >= 4 is 10.8 Å². The molecule has 1 atom stereocenters. The maximum Gasteiger partial charge on any atom is 0.0101 e. The Balaban J connectivity index is 1.85. The third kappa shape index (κ3) is 1.27. The average molecular weight is 256 g/mol. The maximum absolute atomic E-state index is 2.38. The second-order valence-electron chi connectivity index (χ2n) is 6.11. The van der Waals surface area contributed by atoms with Gasteiger partial charge in [0.25, 0.3) is 0 Å². The molecule has 0 saturated heterocycles. The summed E-state index contributed by atoms with van der Waals surface area (Å²) in [6, 6.07) is 20.4. The van der Waals surface area contributed by atoms with E-state index in [1.54, 1.807) is 27.8 Å². The summed E-state index contributed by atoms with van der Waals surface area (Å²) < 4.78 is 0. The van der Waals surface area contributed by atoms with Crippen LogP contribution >= 0.6 is 0 Å². The van der Waals surface area contributed by atoms with Crippen molar-refractivity contribution in [1.29, 1.82) is 0 Å². The molecule has 0 amide bonds. The number of hydrogen-bond acceptors (Lipinski definition) is 0. The summed E-state index contributed by atoms with van der Waals surface area (Å²) in [7, 11) is 0. The molecule has 0 heteroatoms. The van der Waals surface area contributed by atoms with Crippen molar-refractivity contribution in [2.75, 3.05) is 0 Å². The van der Waals surface area contributed by atoms with Crippen molar-refractivity contribution in [3.05, 3.63) is 82.4 Å². The van der Waals surface area contributed by atoms with Crippen LogP contribution in [0.1, 0.15) is 40.2 Å². The molecule has 0 saturated carbocycles. The van der Waals surface area contributed by atoms with E-state index in [0.29, 0.717) is 5.92 Å². The zero-order valence-corrected chi connectivity index (χ0v) is 11.4. The number of aryl methyl sites for hydroxylation is 1. The first kappa shape index (κ1) is 10.7. The van der Waals surface area contributed by atoms with Crippen LogP contribution in [0.5, 0.6) is 0 Å². The van der Waals surface area contributed by atoms with Crippen LogP contribution in [-0.4, -0.2) is 0 Å². The van der Waals surface area contributed by atoms with Crippen LogP contribution in [0.15, 0.2) is 54.6 Å². The van der Waals surface area contributed by atoms with Crippen molar-refractivity contribution in [2.24, 2.45) is 0 Å². The van der Waals surface area contributed by atoms with E-state index in [9.17, 15) is 0 Å². The summed E-state index contributed by atoms with van der Waals surface area (Å²) >= 11 is 0. The molecule has 20 heavy (non-hydrogen) atoms. The van der Waals surface area contributed by atoms with Crippen molar-refractivity contribution in [3.8, 4) is 0 Å². The summed E-state index contributed by atoms with van der Waals surface area (Å²) in [5.74, 6) is 0.648. The Labute approximate surface area is 119 Å². The number of rotatable bonds is 0. The molecule has 0 N–H and O–H groups in total. The largest absolute Gasteiger partial charge is 0.0617 e. The molecule has 0 bridgehead atoms. The van der Waals surface area contributed by atoms with E-state index in [1.165, 1.54) is 23.6 Å². The maximum atomic E-state index is 2.38. The topological polar surface area (TPSA) is 0 Å². The summed E-state index contributed by atoms with van der Waals surface area (Å²) in [4.78, 5) is 0. The van der Waals surface area contributed by atoms with Gasteiger partial charge >= 0.3 is 0 Å². The van der Waals surface area contributed by atoms with E-state index in [2.05, 4.69) is 54.6 Å². The highest BCUT2D eigenvalue weighted by Crippen LogP contribution is 2.47. The Morgan fingerprint density at radius 1 is 0.800 bits per heavy atom. The Morgan fingerprint density at radius 3 is 2.70 bits per heavy atom. The lowest BCUT2D eigenvalue weighted by molar-refractivity contribution is 0.760. The predicted octanol–water partition coefficient (Wildman–Crippen LogP) is 4.82. The molecule has 2 aliphatic rings. The second kappa shape index (κ2) is 3.73. The molecular formula is C20H16. The summed E-state index contributed by atoms with van der Waals surface area (Å²) in [6.07, 6.45) is 3.65. The van der Waals surface area contributed by atoms with Crippen LogP contribution in [0.4, 0.5) is 0 Å². The lowest BCUT2D eigenvalue weighted by atomic mass is 9.77. The molecule has 0 aliphatic heterocycles. The molecule has 0 radical (unpaired) electrons. The number of benzene rings is 3. The third-order valence-electron chi connectivity index (χ3n) is 5.16. The van der Waals surface area contributed by atoms with Gasteiger partial charge in [0.05, 0.1) is 0 Å². The molecular weight excluding hydrogens is 240 g/mol. The lowest BCUT2D eigenvalue weighted by Crippen LogP contribution is -2.11. The highest BCUT2D eigenvalue weighted by molar-refractivity contribution is 5.88. The molecule has 3 aromatic carbocycles. The molecule has 0 aromatic heterocycles. The quantitative estimate of drug-likeness (QED) is 0.541. The monoisotopic (exact) mass is 256 g/mol. The minimum absolute atomic E-state index is 0.648. The molecule has 0 fully saturated rings. The minimum Gasteiger partial charge on any atom is -0.0617 e. The molecule has 2 aliphatic carbocycles. The Kier molecular flexibility index (Phi) is 1.99. The van der Waals surface area contributed by atoms with E-state index in [1.807, 2.05) is 0 Å². The standard InChI is InChI=1S/C20H16/c1-2-7-16-13(4-1)8-10-17-18-11-9-14-5-3-6-15(20(14)18)12-19(16)17/h1-8,10,18H,9,11-12H2. The summed E-state index contributed by atoms with van der Waals surface area (Å²) in [6.45, 7) is 0. The fourth-order valence-corrected chi connectivity index (χ4v) is 4.31. The van der Waals surface area contributed by atoms with E-state index in [-0.39, 0.29) is 0 Å². The van der Waals surface area contributed by atoms with E-state index in [4.69, 9.17) is 0 Å². The molecule has 0 spiro atoms. The van der Waals surface area contributed by atoms with Gasteiger partial charge < -0.3 is 0 Å². The number of hydrogen-bond donors (Lipinski definition) is 0. The Bertz CT molecular complexity index is 842. The summed E-state index contributed by atoms with van der Waals surface area (Å²) in [5.41, 5.74) is 7.95. The highest BCUT2D eigenvalue weighted by Gasteiger charge is 2.32. The average Bonchev–Trinajstić information content (AvgIpc) is 2.93. The molecule has 96 valence electrons. The van der Waals surface area contributed by atoms with Gasteiger partial charge in [0.2, 0.25) is 0 Å². The normalized spacial score (nSPS) is 18.9. The van der Waals surface area contributed by atoms with Crippen LogP contribution in [0.3, 0.4) is 0 Å². The Hall–Kier alpha value is -2.08. The SMILES string of the molecule is c1cc2c3c(c1)Cc1c(ccc4ccccc14)C3CC2. The summed E-state index contributed by atoms with van der Waals surface area (Å²) in [5, 5.41) is 2.83. The smallest absolute Gasteiger partial charge is 0.0101 e. The predicted molar refractivity (Wildman–Crippen MR) is 83.4 cm³/mol. The van der Waals surface area contributed by atoms with Gasteiger partial charge in [-0.15, -0.1) is 0 Å². The van der Waals surface area contributed by atoms with Crippen molar-refractivity contribution in [2.45, 2.75) is 25.2 Å². The molecule has 5 rings (SSSR count). The van der Waals surface area contributed by atoms with Gasteiger partial charge in [-0.1, -0.05) is 54.6 Å². The van der Waals surface area contributed by atoms with E-state index < -0.39 is 0 Å². The Morgan fingerprint density at radius 2 is 1.70 bits per heavy atom. The van der Waals surface area contributed by atoms with Gasteiger partial charge in [-0.05, 0) is 57.9 Å². The van der Waals surface area contributed by atoms with E-state index >= 15 is 0 Å². The van der Waals surface area contributed by atoms with Crippen LogP contribution in [0.25, 0.3) is 10.8 Å². The zero-order valence-electron chi connectivity index (χ0n) is 11.4. The number of fused-ring (bicyclic) bond motifs is 4. The van der Waals surface area contributed by atoms with Gasteiger partial charge in [-0.25, -0.2) is 0 Å². The minimum atomic E-state index is 0.648. The highest BCUT2D eigenvalue weighted by atomic mass is 14.4.